The molecule has 0 bridgehead atoms. The lowest BCUT2D eigenvalue weighted by Crippen LogP contribution is -2.53. The number of hydrogen-bond donors (Lipinski definition) is 2. The van der Waals surface area contributed by atoms with Gasteiger partial charge in [-0.3, -0.25) is 4.79 Å². The van der Waals surface area contributed by atoms with Gasteiger partial charge in [0.05, 0.1) is 11.7 Å². The molecule has 1 unspecified atom stereocenters. The van der Waals surface area contributed by atoms with E-state index in [0.717, 1.165) is 30.6 Å². The Morgan fingerprint density at radius 1 is 1.50 bits per heavy atom. The third-order valence-corrected chi connectivity index (χ3v) is 5.02. The van der Waals surface area contributed by atoms with Gasteiger partial charge in [0.25, 0.3) is 5.91 Å². The zero-order valence-electron chi connectivity index (χ0n) is 11.7. The number of methoxy groups -OCH3 is 1. The minimum absolute atomic E-state index is 0.150. The number of amides is 1. The Kier molecular flexibility index (Phi) is 4.10. The first-order valence-corrected chi connectivity index (χ1v) is 7.28. The van der Waals surface area contributed by atoms with Gasteiger partial charge in [-0.15, -0.1) is 11.3 Å². The van der Waals surface area contributed by atoms with E-state index < -0.39 is 11.6 Å². The van der Waals surface area contributed by atoms with Gasteiger partial charge in [-0.1, -0.05) is 0 Å². The molecule has 1 aliphatic carbocycles. The summed E-state index contributed by atoms with van der Waals surface area (Å²) >= 11 is 1.10. The molecular weight excluding hydrogens is 280 g/mol. The Morgan fingerprint density at radius 3 is 2.55 bits per heavy atom. The first-order chi connectivity index (χ1) is 9.39. The average Bonchev–Trinajstić information content (AvgIpc) is 2.70. The molecule has 20 heavy (non-hydrogen) atoms. The maximum absolute atomic E-state index is 12.2. The molecule has 110 valence electrons. The van der Waals surface area contributed by atoms with Gasteiger partial charge in [-0.2, -0.15) is 0 Å². The highest BCUT2D eigenvalue weighted by atomic mass is 32.1. The number of nitrogens with one attached hydrogen (secondary N) is 1. The second-order valence-electron chi connectivity index (χ2n) is 5.02. The number of rotatable bonds is 5. The molecule has 1 aromatic rings. The smallest absolute Gasteiger partial charge is 0.347 e. The standard InChI is InChI=1S/C13H18N2O4S/c1-7-9(11(16)17)20-10(14-7)8(2)15-12(18)13(19-3)5-4-6-13/h8H,4-6H2,1-3H3,(H,15,18)(H,16,17). The highest BCUT2D eigenvalue weighted by Crippen LogP contribution is 2.36. The second-order valence-corrected chi connectivity index (χ2v) is 6.05. The van der Waals surface area contributed by atoms with Gasteiger partial charge in [-0.25, -0.2) is 9.78 Å². The van der Waals surface area contributed by atoms with Crippen LogP contribution in [0.3, 0.4) is 0 Å². The highest BCUT2D eigenvalue weighted by Gasteiger charge is 2.45. The first kappa shape index (κ1) is 14.9. The maximum Gasteiger partial charge on any atom is 0.347 e. The number of ether oxygens (including phenoxy) is 1. The highest BCUT2D eigenvalue weighted by molar-refractivity contribution is 7.13. The zero-order valence-corrected chi connectivity index (χ0v) is 12.5. The van der Waals surface area contributed by atoms with Crippen molar-refractivity contribution in [3.63, 3.8) is 0 Å². The molecule has 0 radical (unpaired) electrons. The summed E-state index contributed by atoms with van der Waals surface area (Å²) in [6.45, 7) is 3.45. The van der Waals surface area contributed by atoms with E-state index in [2.05, 4.69) is 10.3 Å². The quantitative estimate of drug-likeness (QED) is 0.866. The van der Waals surface area contributed by atoms with Gasteiger partial charge < -0.3 is 15.2 Å². The number of carboxylic acids is 1. The van der Waals surface area contributed by atoms with Crippen molar-refractivity contribution in [1.82, 2.24) is 10.3 Å². The molecule has 1 atom stereocenters. The Labute approximate surface area is 121 Å². The normalized spacial score (nSPS) is 18.1. The van der Waals surface area contributed by atoms with Crippen LogP contribution in [0.25, 0.3) is 0 Å². The van der Waals surface area contributed by atoms with Crippen LogP contribution in [0.15, 0.2) is 0 Å². The van der Waals surface area contributed by atoms with Crippen molar-refractivity contribution >= 4 is 23.2 Å². The Balaban J connectivity index is 2.08. The molecule has 6 nitrogen and oxygen atoms in total. The van der Waals surface area contributed by atoms with Crippen LogP contribution in [0.2, 0.25) is 0 Å². The van der Waals surface area contributed by atoms with Crippen molar-refractivity contribution in [2.75, 3.05) is 7.11 Å². The van der Waals surface area contributed by atoms with Crippen molar-refractivity contribution in [1.29, 1.82) is 0 Å². The minimum atomic E-state index is -0.989. The molecule has 0 saturated heterocycles. The fraction of sp³-hybridized carbons (Fsp3) is 0.615. The van der Waals surface area contributed by atoms with Gasteiger partial charge in [0.2, 0.25) is 0 Å². The number of thiazole rings is 1. The number of aryl methyl sites for hydroxylation is 1. The van der Waals surface area contributed by atoms with Gasteiger partial charge in [0, 0.05) is 7.11 Å². The number of carbonyl (C=O) groups is 2. The summed E-state index contributed by atoms with van der Waals surface area (Å²) in [6.07, 6.45) is 2.42. The van der Waals surface area contributed by atoms with Crippen LogP contribution in [0.1, 0.15) is 52.6 Å². The predicted octanol–water partition coefficient (Wildman–Crippen LogP) is 1.90. The number of nitrogens with zero attached hydrogens (tertiary/aromatic N) is 1. The van der Waals surface area contributed by atoms with Crippen molar-refractivity contribution in [2.24, 2.45) is 0 Å². The Bertz CT molecular complexity index is 531. The van der Waals surface area contributed by atoms with Gasteiger partial charge in [-0.05, 0) is 33.1 Å². The van der Waals surface area contributed by atoms with E-state index in [1.807, 2.05) is 0 Å². The van der Waals surface area contributed by atoms with E-state index in [4.69, 9.17) is 9.84 Å². The lowest BCUT2D eigenvalue weighted by molar-refractivity contribution is -0.155. The van der Waals surface area contributed by atoms with Crippen LogP contribution in [0.4, 0.5) is 0 Å². The summed E-state index contributed by atoms with van der Waals surface area (Å²) < 4.78 is 5.32. The fourth-order valence-electron chi connectivity index (χ4n) is 2.21. The van der Waals surface area contributed by atoms with Gasteiger partial charge in [0.1, 0.15) is 15.5 Å². The fourth-order valence-corrected chi connectivity index (χ4v) is 3.12. The molecule has 1 fully saturated rings. The zero-order chi connectivity index (χ0) is 14.9. The van der Waals surface area contributed by atoms with Crippen molar-refractivity contribution < 1.29 is 19.4 Å². The molecule has 1 aromatic heterocycles. The van der Waals surface area contributed by atoms with Crippen LogP contribution in [0.5, 0.6) is 0 Å². The monoisotopic (exact) mass is 298 g/mol. The minimum Gasteiger partial charge on any atom is -0.477 e. The maximum atomic E-state index is 12.2. The molecule has 1 saturated carbocycles. The lowest BCUT2D eigenvalue weighted by atomic mass is 9.79. The molecule has 0 aromatic carbocycles. The predicted molar refractivity (Wildman–Crippen MR) is 74.0 cm³/mol. The van der Waals surface area contributed by atoms with Crippen LogP contribution in [-0.4, -0.2) is 34.7 Å². The van der Waals surface area contributed by atoms with Crippen molar-refractivity contribution in [3.8, 4) is 0 Å². The van der Waals surface area contributed by atoms with Crippen LogP contribution in [-0.2, 0) is 9.53 Å². The molecule has 1 amide bonds. The topological polar surface area (TPSA) is 88.5 Å². The number of hydrogen-bond acceptors (Lipinski definition) is 5. The van der Waals surface area contributed by atoms with Crippen LogP contribution < -0.4 is 5.32 Å². The summed E-state index contributed by atoms with van der Waals surface area (Å²) in [4.78, 5) is 27.6. The van der Waals surface area contributed by atoms with Crippen molar-refractivity contribution in [2.45, 2.75) is 44.8 Å². The Morgan fingerprint density at radius 2 is 2.15 bits per heavy atom. The summed E-state index contributed by atoms with van der Waals surface area (Å²) in [7, 11) is 1.54. The molecule has 2 N–H and O–H groups in total. The molecular formula is C13H18N2O4S. The van der Waals surface area contributed by atoms with E-state index in [0.29, 0.717) is 10.7 Å². The molecule has 0 spiro atoms. The third-order valence-electron chi connectivity index (χ3n) is 3.69. The van der Waals surface area contributed by atoms with E-state index in [1.165, 1.54) is 0 Å². The second kappa shape index (κ2) is 5.49. The summed E-state index contributed by atoms with van der Waals surface area (Å²) in [6, 6.07) is -0.327. The number of carbonyl (C=O) groups excluding carboxylic acids is 1. The van der Waals surface area contributed by atoms with Crippen LogP contribution >= 0.6 is 11.3 Å². The molecule has 2 rings (SSSR count). The van der Waals surface area contributed by atoms with Gasteiger partial charge >= 0.3 is 5.97 Å². The summed E-state index contributed by atoms with van der Waals surface area (Å²) in [5, 5.41) is 12.5. The number of aromatic carboxylic acids is 1. The molecule has 1 aliphatic rings. The van der Waals surface area contributed by atoms with Gasteiger partial charge in [0.15, 0.2) is 0 Å². The third kappa shape index (κ3) is 2.55. The molecule has 7 heteroatoms. The first-order valence-electron chi connectivity index (χ1n) is 6.46. The van der Waals surface area contributed by atoms with Crippen molar-refractivity contribution in [3.05, 3.63) is 15.6 Å². The average molecular weight is 298 g/mol. The summed E-state index contributed by atoms with van der Waals surface area (Å²) in [5.74, 6) is -1.14. The number of carboxylic acid groups (broad SMARTS) is 1. The van der Waals surface area contributed by atoms with E-state index in [9.17, 15) is 9.59 Å². The van der Waals surface area contributed by atoms with Crippen LogP contribution in [0, 0.1) is 6.92 Å². The largest absolute Gasteiger partial charge is 0.477 e. The van der Waals surface area contributed by atoms with E-state index in [-0.39, 0.29) is 16.8 Å². The van der Waals surface area contributed by atoms with E-state index >= 15 is 0 Å². The number of aromatic nitrogens is 1. The lowest BCUT2D eigenvalue weighted by Gasteiger charge is -2.39. The molecule has 1 heterocycles. The summed E-state index contributed by atoms with van der Waals surface area (Å²) in [5.41, 5.74) is -0.236. The SMILES string of the molecule is COC1(C(=O)NC(C)c2nc(C)c(C(=O)O)s2)CCC1. The molecule has 0 aliphatic heterocycles. The Hall–Kier alpha value is -1.47. The van der Waals surface area contributed by atoms with E-state index in [1.54, 1.807) is 21.0 Å².